The van der Waals surface area contributed by atoms with Crippen molar-refractivity contribution in [1.82, 2.24) is 9.80 Å². The van der Waals surface area contributed by atoms with Gasteiger partial charge in [0.2, 0.25) is 0 Å². The first-order valence-corrected chi connectivity index (χ1v) is 25.2. The summed E-state index contributed by atoms with van der Waals surface area (Å²) in [6.45, 7) is 13.1. The molecule has 0 aliphatic carbocycles. The third-order valence-electron chi connectivity index (χ3n) is 14.5. The largest absolute Gasteiger partial charge is 0.508 e. The van der Waals surface area contributed by atoms with Crippen LogP contribution in [-0.4, -0.2) is 85.7 Å². The number of rotatable bonds is 10. The van der Waals surface area contributed by atoms with Crippen molar-refractivity contribution in [3.8, 4) is 46.0 Å². The molecular weight excluding hydrogens is 877 g/mol. The van der Waals surface area contributed by atoms with Crippen LogP contribution >= 0.6 is 0 Å². The minimum absolute atomic E-state index is 0.191. The molecule has 10 heteroatoms. The molecule has 360 valence electrons. The molecule has 0 spiro atoms. The van der Waals surface area contributed by atoms with E-state index >= 15 is 0 Å². The average Bonchev–Trinajstić information content (AvgIpc) is 3.38. The fraction of sp³-hybridized carbons (Fsp3) is 0.333. The summed E-state index contributed by atoms with van der Waals surface area (Å²) < 4.78 is 37.5. The maximum Gasteiger partial charge on any atom is 0.150 e. The summed E-state index contributed by atoms with van der Waals surface area (Å²) in [5, 5.41) is 20.1. The highest BCUT2D eigenvalue weighted by molar-refractivity contribution is 6.00. The highest BCUT2D eigenvalue weighted by Gasteiger charge is 2.37. The molecule has 2 N–H and O–H groups in total. The number of aryl methyl sites for hydroxylation is 2. The van der Waals surface area contributed by atoms with Gasteiger partial charge in [-0.2, -0.15) is 0 Å². The van der Waals surface area contributed by atoms with Crippen molar-refractivity contribution < 1.29 is 38.6 Å². The van der Waals surface area contributed by atoms with Gasteiger partial charge in [-0.15, -0.1) is 0 Å². The van der Waals surface area contributed by atoms with E-state index in [0.717, 1.165) is 103 Å². The Kier molecular flexibility index (Phi) is 13.2. The van der Waals surface area contributed by atoms with E-state index in [-0.39, 0.29) is 23.7 Å². The molecule has 2 atom stereocenters. The number of hydrogen-bond donors (Lipinski definition) is 2. The highest BCUT2D eigenvalue weighted by atomic mass is 16.5. The maximum atomic E-state index is 10.1. The van der Waals surface area contributed by atoms with Crippen molar-refractivity contribution in [3.63, 3.8) is 0 Å². The van der Waals surface area contributed by atoms with Gasteiger partial charge in [0.25, 0.3) is 0 Å². The molecule has 10 nitrogen and oxygen atoms in total. The summed E-state index contributed by atoms with van der Waals surface area (Å²) in [5.74, 6) is 5.26. The van der Waals surface area contributed by atoms with Crippen LogP contribution in [0.1, 0.15) is 95.2 Å². The Hall–Kier alpha value is -6.88. The normalized spacial score (nSPS) is 19.2. The number of piperidine rings is 2. The van der Waals surface area contributed by atoms with Crippen molar-refractivity contribution in [3.05, 3.63) is 166 Å². The Bertz CT molecular complexity index is 2710. The van der Waals surface area contributed by atoms with Gasteiger partial charge in [-0.25, -0.2) is 0 Å². The summed E-state index contributed by atoms with van der Waals surface area (Å²) in [5.41, 5.74) is 13.0. The standard InChI is InChI=1S/2C30H31NO4/c1-20-5-11-25-27(17-20)34-19-26-24-12-8-22(32)18-28(24)35-30(29(25)26)21-6-9-23(10-7-21)33-16-15-31-13-3-2-4-14-31;1-20-5-11-24-26-19-34-27-18-22(32)8-12-25(27)29(26)30(35-28(24)17-20)21-6-9-23(10-7-21)33-16-15-31-13-3-2-4-14-31/h2*5-12,17-18,30,32H,2-4,13-16,19H2,1H3. The van der Waals surface area contributed by atoms with Crippen molar-refractivity contribution in [1.29, 1.82) is 0 Å². The molecule has 2 fully saturated rings. The lowest BCUT2D eigenvalue weighted by molar-refractivity contribution is 0.183. The van der Waals surface area contributed by atoms with Gasteiger partial charge in [0.15, 0.2) is 12.2 Å². The van der Waals surface area contributed by atoms with Crippen LogP contribution in [0.25, 0.3) is 22.3 Å². The Balaban J connectivity index is 0.000000152. The van der Waals surface area contributed by atoms with Crippen LogP contribution in [0.15, 0.2) is 121 Å². The zero-order chi connectivity index (χ0) is 47.6. The zero-order valence-electron chi connectivity index (χ0n) is 40.3. The number of benzene rings is 6. The molecule has 6 aliphatic heterocycles. The molecule has 12 rings (SSSR count). The molecule has 0 saturated carbocycles. The molecule has 6 aromatic carbocycles. The zero-order valence-corrected chi connectivity index (χ0v) is 40.3. The molecule has 6 aliphatic rings. The number of aromatic hydroxyl groups is 2. The number of likely N-dealkylation sites (tertiary alicyclic amines) is 2. The number of phenols is 2. The third-order valence-corrected chi connectivity index (χ3v) is 14.5. The van der Waals surface area contributed by atoms with Crippen molar-refractivity contribution in [2.24, 2.45) is 0 Å². The van der Waals surface area contributed by atoms with Crippen LogP contribution in [0.3, 0.4) is 0 Å². The van der Waals surface area contributed by atoms with E-state index in [9.17, 15) is 10.2 Å². The second-order valence-corrected chi connectivity index (χ2v) is 19.4. The fourth-order valence-electron chi connectivity index (χ4n) is 10.8. The number of hydrogen-bond acceptors (Lipinski definition) is 10. The molecule has 0 amide bonds. The predicted octanol–water partition coefficient (Wildman–Crippen LogP) is 12.0. The first-order chi connectivity index (χ1) is 34.3. The van der Waals surface area contributed by atoms with Gasteiger partial charge in [-0.05, 0) is 149 Å². The van der Waals surface area contributed by atoms with Gasteiger partial charge < -0.3 is 38.6 Å². The van der Waals surface area contributed by atoms with Crippen molar-refractivity contribution >= 4 is 22.3 Å². The molecule has 2 unspecified atom stereocenters. The van der Waals surface area contributed by atoms with Gasteiger partial charge in [-0.1, -0.05) is 61.4 Å². The van der Waals surface area contributed by atoms with E-state index in [2.05, 4.69) is 84.3 Å². The quantitative estimate of drug-likeness (QED) is 0.138. The Labute approximate surface area is 411 Å². The Morgan fingerprint density at radius 2 is 0.857 bits per heavy atom. The maximum absolute atomic E-state index is 10.1. The highest BCUT2D eigenvalue weighted by Crippen LogP contribution is 2.53. The topological polar surface area (TPSA) is 102 Å². The summed E-state index contributed by atoms with van der Waals surface area (Å²) in [6, 6.07) is 39.8. The molecule has 0 radical (unpaired) electrons. The molecule has 2 saturated heterocycles. The molecular formula is C60H62N2O8. The van der Waals surface area contributed by atoms with E-state index in [1.54, 1.807) is 24.3 Å². The lowest BCUT2D eigenvalue weighted by atomic mass is 9.84. The Morgan fingerprint density at radius 1 is 0.457 bits per heavy atom. The van der Waals surface area contributed by atoms with Gasteiger partial charge >= 0.3 is 0 Å². The van der Waals surface area contributed by atoms with Crippen LogP contribution in [0.4, 0.5) is 0 Å². The SMILES string of the molecule is Cc1ccc2c(c1)OC(c1ccc(OCCN3CCCCC3)cc1)C1=C2COc2cc(O)ccc21.Cc1ccc2c(c1)OCC1=C2C(c2ccc(OCCN3CCCCC3)cc2)Oc2cc(O)ccc21. The summed E-state index contributed by atoms with van der Waals surface area (Å²) in [7, 11) is 0. The molecule has 6 aromatic rings. The molecule has 0 aromatic heterocycles. The van der Waals surface area contributed by atoms with Crippen LogP contribution in [-0.2, 0) is 0 Å². The van der Waals surface area contributed by atoms with Crippen LogP contribution in [0, 0.1) is 13.8 Å². The first-order valence-electron chi connectivity index (χ1n) is 25.2. The van der Waals surface area contributed by atoms with Crippen molar-refractivity contribution in [2.45, 2.75) is 64.6 Å². The summed E-state index contributed by atoms with van der Waals surface area (Å²) >= 11 is 0. The third kappa shape index (κ3) is 9.67. The lowest BCUT2D eigenvalue weighted by Gasteiger charge is -2.35. The minimum Gasteiger partial charge on any atom is -0.508 e. The molecule has 0 bridgehead atoms. The monoisotopic (exact) mass is 938 g/mol. The van der Waals surface area contributed by atoms with E-state index in [1.807, 2.05) is 36.4 Å². The van der Waals surface area contributed by atoms with Gasteiger partial charge in [0.05, 0.1) is 0 Å². The number of phenolic OH excluding ortho intramolecular Hbond substituents is 2. The number of nitrogens with zero attached hydrogens (tertiary/aromatic N) is 2. The van der Waals surface area contributed by atoms with Crippen molar-refractivity contribution in [2.75, 3.05) is 65.7 Å². The second kappa shape index (κ2) is 20.2. The van der Waals surface area contributed by atoms with Gasteiger partial charge in [0.1, 0.15) is 72.4 Å². The van der Waals surface area contributed by atoms with Gasteiger partial charge in [0, 0.05) is 69.8 Å². The van der Waals surface area contributed by atoms with Crippen LogP contribution in [0.5, 0.6) is 46.0 Å². The first kappa shape index (κ1) is 45.6. The minimum atomic E-state index is -0.299. The number of ether oxygens (including phenoxy) is 6. The second-order valence-electron chi connectivity index (χ2n) is 19.4. The summed E-state index contributed by atoms with van der Waals surface area (Å²) in [4.78, 5) is 4.97. The van der Waals surface area contributed by atoms with E-state index < -0.39 is 0 Å². The average molecular weight is 939 g/mol. The van der Waals surface area contributed by atoms with Crippen LogP contribution in [0.2, 0.25) is 0 Å². The van der Waals surface area contributed by atoms with E-state index in [0.29, 0.717) is 37.9 Å². The molecule has 6 heterocycles. The van der Waals surface area contributed by atoms with Gasteiger partial charge in [-0.3, -0.25) is 9.80 Å². The molecule has 70 heavy (non-hydrogen) atoms. The van der Waals surface area contributed by atoms with E-state index in [1.165, 1.54) is 64.7 Å². The summed E-state index contributed by atoms with van der Waals surface area (Å²) in [6.07, 6.45) is 7.31. The predicted molar refractivity (Wildman–Crippen MR) is 274 cm³/mol. The van der Waals surface area contributed by atoms with Crippen LogP contribution < -0.4 is 28.4 Å². The Morgan fingerprint density at radius 3 is 1.36 bits per heavy atom. The smallest absolute Gasteiger partial charge is 0.150 e. The van der Waals surface area contributed by atoms with E-state index in [4.69, 9.17) is 28.4 Å². The fourth-order valence-corrected chi connectivity index (χ4v) is 10.8. The lowest BCUT2D eigenvalue weighted by Crippen LogP contribution is -2.33. The number of fused-ring (bicyclic) bond motifs is 8.